The van der Waals surface area contributed by atoms with Crippen LogP contribution in [0.3, 0.4) is 0 Å². The molecule has 0 aliphatic heterocycles. The molecule has 0 fully saturated rings. The Kier molecular flexibility index (Phi) is 6.73. The van der Waals surface area contributed by atoms with Gasteiger partial charge in [0.05, 0.1) is 7.11 Å². The Labute approximate surface area is 172 Å². The van der Waals surface area contributed by atoms with Crippen molar-refractivity contribution in [3.05, 3.63) is 82.1 Å². The highest BCUT2D eigenvalue weighted by Gasteiger charge is 2.12. The lowest BCUT2D eigenvalue weighted by Crippen LogP contribution is -2.26. The molecule has 0 spiro atoms. The first-order chi connectivity index (χ1) is 13.6. The van der Waals surface area contributed by atoms with Crippen molar-refractivity contribution in [1.82, 2.24) is 14.8 Å². The minimum atomic E-state index is -0.271. The first kappa shape index (κ1) is 20.0. The molecule has 3 rings (SSSR count). The molecule has 0 bridgehead atoms. The zero-order valence-electron chi connectivity index (χ0n) is 15.3. The van der Waals surface area contributed by atoms with Gasteiger partial charge in [0.1, 0.15) is 5.75 Å². The molecule has 0 unspecified atom stereocenters. The van der Waals surface area contributed by atoms with Gasteiger partial charge in [-0.1, -0.05) is 47.6 Å². The molecule has 0 radical (unpaired) electrons. The highest BCUT2D eigenvalue weighted by atomic mass is 35.5. The number of methoxy groups -OCH3 is 1. The fourth-order valence-electron chi connectivity index (χ4n) is 2.45. The minimum Gasteiger partial charge on any atom is -0.497 e. The van der Waals surface area contributed by atoms with Crippen LogP contribution in [0.25, 0.3) is 0 Å². The molecule has 28 heavy (non-hydrogen) atoms. The summed E-state index contributed by atoms with van der Waals surface area (Å²) in [6.45, 7) is 4.07. The first-order valence-electron chi connectivity index (χ1n) is 8.47. The van der Waals surface area contributed by atoms with Crippen molar-refractivity contribution in [1.29, 1.82) is 0 Å². The molecule has 0 saturated heterocycles. The third-order valence-corrected chi connectivity index (χ3v) is 5.11. The highest BCUT2D eigenvalue weighted by Crippen LogP contribution is 2.22. The van der Waals surface area contributed by atoms with E-state index in [1.54, 1.807) is 42.0 Å². The molecular formula is C20H19ClN4O2S. The van der Waals surface area contributed by atoms with Crippen LogP contribution in [0.2, 0.25) is 5.02 Å². The number of nitrogens with one attached hydrogen (secondary N) is 1. The van der Waals surface area contributed by atoms with E-state index < -0.39 is 0 Å². The summed E-state index contributed by atoms with van der Waals surface area (Å²) in [5, 5.41) is 12.4. The maximum absolute atomic E-state index is 12.9. The summed E-state index contributed by atoms with van der Waals surface area (Å²) in [6, 6.07) is 14.8. The number of allylic oxidation sites excluding steroid dienone is 1. The lowest BCUT2D eigenvalue weighted by Gasteiger charge is -2.12. The predicted molar refractivity (Wildman–Crippen MR) is 114 cm³/mol. The van der Waals surface area contributed by atoms with Gasteiger partial charge in [-0.3, -0.25) is 9.36 Å². The molecule has 3 aromatic rings. The summed E-state index contributed by atoms with van der Waals surface area (Å²) in [5.41, 5.74) is 1.49. The van der Waals surface area contributed by atoms with Gasteiger partial charge in [0.25, 0.3) is 5.56 Å². The molecule has 2 aromatic carbocycles. The van der Waals surface area contributed by atoms with Crippen LogP contribution in [-0.4, -0.2) is 21.9 Å². The molecule has 0 aliphatic rings. The molecule has 0 atom stereocenters. The maximum atomic E-state index is 12.9. The maximum Gasteiger partial charge on any atom is 0.297 e. The van der Waals surface area contributed by atoms with Gasteiger partial charge < -0.3 is 10.1 Å². The van der Waals surface area contributed by atoms with Crippen molar-refractivity contribution < 1.29 is 4.74 Å². The molecule has 1 N–H and O–H groups in total. The average molecular weight is 415 g/mol. The lowest BCUT2D eigenvalue weighted by molar-refractivity contribution is 0.414. The van der Waals surface area contributed by atoms with Gasteiger partial charge in [0, 0.05) is 23.0 Å². The Morgan fingerprint density at radius 2 is 2.04 bits per heavy atom. The molecule has 1 aromatic heterocycles. The van der Waals surface area contributed by atoms with Crippen LogP contribution < -0.4 is 15.6 Å². The zero-order chi connectivity index (χ0) is 19.9. The van der Waals surface area contributed by atoms with Gasteiger partial charge in [-0.25, -0.2) is 0 Å². The number of benzene rings is 2. The fourth-order valence-corrected chi connectivity index (χ4v) is 3.54. The van der Waals surface area contributed by atoms with Crippen molar-refractivity contribution >= 4 is 34.9 Å². The topological polar surface area (TPSA) is 69.0 Å². The third kappa shape index (κ3) is 4.94. The summed E-state index contributed by atoms with van der Waals surface area (Å²) >= 11 is 7.43. The molecule has 144 valence electrons. The van der Waals surface area contributed by atoms with Gasteiger partial charge in [-0.2, -0.15) is 0 Å². The van der Waals surface area contributed by atoms with Crippen LogP contribution in [0.4, 0.5) is 11.5 Å². The number of ether oxygens (including phenoxy) is 1. The van der Waals surface area contributed by atoms with Crippen LogP contribution in [0.15, 0.2) is 71.1 Å². The largest absolute Gasteiger partial charge is 0.497 e. The van der Waals surface area contributed by atoms with Crippen LogP contribution >= 0.6 is 23.4 Å². The highest BCUT2D eigenvalue weighted by molar-refractivity contribution is 7.98. The minimum absolute atomic E-state index is 0.137. The fraction of sp³-hybridized carbons (Fsp3) is 0.150. The molecule has 8 heteroatoms. The number of hydrogen-bond donors (Lipinski definition) is 1. The van der Waals surface area contributed by atoms with E-state index in [-0.39, 0.29) is 11.4 Å². The average Bonchev–Trinajstić information content (AvgIpc) is 2.71. The second kappa shape index (κ2) is 9.43. The zero-order valence-corrected chi connectivity index (χ0v) is 16.8. The Morgan fingerprint density at radius 1 is 1.25 bits per heavy atom. The number of anilines is 2. The van der Waals surface area contributed by atoms with Gasteiger partial charge in [-0.05, 0) is 35.9 Å². The van der Waals surface area contributed by atoms with E-state index in [0.717, 1.165) is 11.3 Å². The van der Waals surface area contributed by atoms with E-state index in [1.165, 1.54) is 11.8 Å². The van der Waals surface area contributed by atoms with Crippen molar-refractivity contribution in [3.8, 4) is 5.75 Å². The third-order valence-electron chi connectivity index (χ3n) is 3.84. The monoisotopic (exact) mass is 414 g/mol. The van der Waals surface area contributed by atoms with Gasteiger partial charge >= 0.3 is 0 Å². The summed E-state index contributed by atoms with van der Waals surface area (Å²) < 4.78 is 6.71. The molecular weight excluding hydrogens is 396 g/mol. The van der Waals surface area contributed by atoms with Crippen molar-refractivity contribution in [2.24, 2.45) is 0 Å². The lowest BCUT2D eigenvalue weighted by atomic mass is 10.2. The van der Waals surface area contributed by atoms with Crippen molar-refractivity contribution in [3.63, 3.8) is 0 Å². The second-order valence-electron chi connectivity index (χ2n) is 5.81. The Balaban J connectivity index is 1.82. The Bertz CT molecular complexity index is 1020. The molecule has 0 amide bonds. The van der Waals surface area contributed by atoms with Crippen LogP contribution in [-0.2, 0) is 12.3 Å². The Morgan fingerprint density at radius 3 is 2.71 bits per heavy atom. The standard InChI is InChI=1S/C20H19ClN4O2S/c1-3-11-25-19(26)18(22-16-6-4-5-15(21)12-16)23-24-20(25)28-13-14-7-9-17(27-2)10-8-14/h3-10,12H,1,11,13H2,2H3,(H,22,23). The van der Waals surface area contributed by atoms with E-state index in [1.807, 2.05) is 24.3 Å². The quantitative estimate of drug-likeness (QED) is 0.431. The normalized spacial score (nSPS) is 10.5. The molecule has 6 nitrogen and oxygen atoms in total. The number of rotatable bonds is 8. The van der Waals surface area contributed by atoms with Crippen molar-refractivity contribution in [2.75, 3.05) is 12.4 Å². The van der Waals surface area contributed by atoms with Crippen LogP contribution in [0, 0.1) is 0 Å². The first-order valence-corrected chi connectivity index (χ1v) is 9.84. The summed E-state index contributed by atoms with van der Waals surface area (Å²) in [4.78, 5) is 12.9. The van der Waals surface area contributed by atoms with E-state index in [4.69, 9.17) is 16.3 Å². The summed E-state index contributed by atoms with van der Waals surface area (Å²) in [6.07, 6.45) is 1.66. The molecule has 0 saturated carbocycles. The number of aromatic nitrogens is 3. The van der Waals surface area contributed by atoms with E-state index in [9.17, 15) is 4.79 Å². The van der Waals surface area contributed by atoms with E-state index in [0.29, 0.717) is 28.2 Å². The van der Waals surface area contributed by atoms with Gasteiger partial charge in [0.2, 0.25) is 5.82 Å². The van der Waals surface area contributed by atoms with E-state index >= 15 is 0 Å². The van der Waals surface area contributed by atoms with Crippen LogP contribution in [0.5, 0.6) is 5.75 Å². The van der Waals surface area contributed by atoms with Gasteiger partial charge in [0.15, 0.2) is 5.16 Å². The summed E-state index contributed by atoms with van der Waals surface area (Å²) in [7, 11) is 1.63. The van der Waals surface area contributed by atoms with Crippen molar-refractivity contribution in [2.45, 2.75) is 17.5 Å². The number of thioether (sulfide) groups is 1. The van der Waals surface area contributed by atoms with Crippen LogP contribution in [0.1, 0.15) is 5.56 Å². The number of halogens is 1. The molecule has 1 heterocycles. The number of hydrogen-bond acceptors (Lipinski definition) is 6. The SMILES string of the molecule is C=CCn1c(SCc2ccc(OC)cc2)nnc(Nc2cccc(Cl)c2)c1=O. The number of nitrogens with zero attached hydrogens (tertiary/aromatic N) is 3. The predicted octanol–water partition coefficient (Wildman–Crippen LogP) is 4.52. The Hall–Kier alpha value is -2.77. The van der Waals surface area contributed by atoms with Gasteiger partial charge in [-0.15, -0.1) is 16.8 Å². The molecule has 0 aliphatic carbocycles. The second-order valence-corrected chi connectivity index (χ2v) is 7.19. The summed E-state index contributed by atoms with van der Waals surface area (Å²) in [5.74, 6) is 1.59. The smallest absolute Gasteiger partial charge is 0.297 e. The van der Waals surface area contributed by atoms with E-state index in [2.05, 4.69) is 22.1 Å².